The molecular weight excluding hydrogens is 264 g/mol. The van der Waals surface area contributed by atoms with Gasteiger partial charge in [-0.15, -0.1) is 0 Å². The molecule has 1 atom stereocenters. The van der Waals surface area contributed by atoms with Crippen LogP contribution in [0.25, 0.3) is 0 Å². The first kappa shape index (κ1) is 16.4. The molecule has 1 fully saturated rings. The quantitative estimate of drug-likeness (QED) is 0.696. The van der Waals surface area contributed by atoms with Crippen LogP contribution in [0.2, 0.25) is 0 Å². The first-order valence-corrected chi connectivity index (χ1v) is 6.74. The zero-order valence-electron chi connectivity index (χ0n) is 11.9. The van der Waals surface area contributed by atoms with Gasteiger partial charge in [0.25, 0.3) is 0 Å². The first-order chi connectivity index (χ1) is 9.31. The molecule has 20 heavy (non-hydrogen) atoms. The summed E-state index contributed by atoms with van der Waals surface area (Å²) in [5.41, 5.74) is -1.20. The number of carboxylic acid groups (broad SMARTS) is 1. The third kappa shape index (κ3) is 5.56. The molecule has 1 aliphatic heterocycles. The molecule has 3 N–H and O–H groups in total. The highest BCUT2D eigenvalue weighted by Crippen LogP contribution is 2.19. The topological polar surface area (TPSA) is 105 Å². The van der Waals surface area contributed by atoms with Gasteiger partial charge >= 0.3 is 12.0 Å². The highest BCUT2D eigenvalue weighted by atomic mass is 16.5. The molecule has 0 spiro atoms. The number of nitrogens with one attached hydrogen (secondary N) is 2. The van der Waals surface area contributed by atoms with Gasteiger partial charge in [0.1, 0.15) is 0 Å². The minimum absolute atomic E-state index is 0.0138. The molecule has 0 aromatic heterocycles. The maximum atomic E-state index is 11.6. The Balaban J connectivity index is 2.27. The molecule has 1 aliphatic rings. The Kier molecular flexibility index (Phi) is 5.94. The van der Waals surface area contributed by atoms with Crippen LogP contribution in [0, 0.1) is 5.41 Å². The second kappa shape index (κ2) is 7.23. The van der Waals surface area contributed by atoms with Crippen molar-refractivity contribution in [3.63, 3.8) is 0 Å². The van der Waals surface area contributed by atoms with Gasteiger partial charge in [-0.2, -0.15) is 0 Å². The largest absolute Gasteiger partial charge is 0.481 e. The van der Waals surface area contributed by atoms with Gasteiger partial charge in [-0.05, 0) is 33.1 Å². The van der Waals surface area contributed by atoms with Crippen molar-refractivity contribution < 1.29 is 24.2 Å². The smallest absolute Gasteiger partial charge is 0.321 e. The second-order valence-electron chi connectivity index (χ2n) is 5.61. The van der Waals surface area contributed by atoms with Gasteiger partial charge in [-0.25, -0.2) is 4.79 Å². The summed E-state index contributed by atoms with van der Waals surface area (Å²) in [6.45, 7) is 3.91. The highest BCUT2D eigenvalue weighted by molar-refractivity contribution is 5.96. The van der Waals surface area contributed by atoms with E-state index in [-0.39, 0.29) is 12.5 Å². The molecule has 0 bridgehead atoms. The van der Waals surface area contributed by atoms with Crippen molar-refractivity contribution in [1.29, 1.82) is 0 Å². The number of carbonyl (C=O) groups excluding carboxylic acids is 2. The van der Waals surface area contributed by atoms with Gasteiger partial charge in [-0.1, -0.05) is 0 Å². The number of ether oxygens (including phenoxy) is 1. The van der Waals surface area contributed by atoms with Gasteiger partial charge in [0, 0.05) is 19.6 Å². The average molecular weight is 286 g/mol. The van der Waals surface area contributed by atoms with Crippen LogP contribution in [0.5, 0.6) is 0 Å². The van der Waals surface area contributed by atoms with Crippen molar-refractivity contribution >= 4 is 17.9 Å². The molecule has 3 amide bonds. The van der Waals surface area contributed by atoms with Gasteiger partial charge in [0.05, 0.1) is 11.5 Å². The van der Waals surface area contributed by atoms with E-state index in [1.54, 1.807) is 0 Å². The van der Waals surface area contributed by atoms with Crippen molar-refractivity contribution in [2.75, 3.05) is 13.2 Å². The predicted octanol–water partition coefficient (Wildman–Crippen LogP) is 0.882. The summed E-state index contributed by atoms with van der Waals surface area (Å²) in [5, 5.41) is 13.6. The minimum atomic E-state index is -1.20. The Labute approximate surface area is 118 Å². The number of carbonyl (C=O) groups is 3. The molecule has 0 aliphatic carbocycles. The first-order valence-electron chi connectivity index (χ1n) is 6.74. The molecule has 1 unspecified atom stereocenters. The maximum Gasteiger partial charge on any atom is 0.321 e. The molecule has 114 valence electrons. The number of urea groups is 1. The fraction of sp³-hybridized carbons (Fsp3) is 0.769. The van der Waals surface area contributed by atoms with Crippen LogP contribution >= 0.6 is 0 Å². The Morgan fingerprint density at radius 3 is 2.55 bits per heavy atom. The third-order valence-corrected chi connectivity index (χ3v) is 3.20. The summed E-state index contributed by atoms with van der Waals surface area (Å²) in [6, 6.07) is -0.620. The van der Waals surface area contributed by atoms with E-state index >= 15 is 0 Å². The average Bonchev–Trinajstić information content (AvgIpc) is 2.36. The SMILES string of the molecule is CC(C)(CC(=O)NC(=O)NCC1CCCCO1)C(=O)O. The summed E-state index contributed by atoms with van der Waals surface area (Å²) < 4.78 is 5.44. The number of rotatable bonds is 5. The lowest BCUT2D eigenvalue weighted by molar-refractivity contribution is -0.149. The third-order valence-electron chi connectivity index (χ3n) is 3.20. The Morgan fingerprint density at radius 2 is 2.00 bits per heavy atom. The van der Waals surface area contributed by atoms with Crippen molar-refractivity contribution in [2.45, 2.75) is 45.6 Å². The van der Waals surface area contributed by atoms with E-state index in [1.165, 1.54) is 13.8 Å². The van der Waals surface area contributed by atoms with Gasteiger partial charge < -0.3 is 15.2 Å². The summed E-state index contributed by atoms with van der Waals surface area (Å²) in [7, 11) is 0. The predicted molar refractivity (Wildman–Crippen MR) is 71.2 cm³/mol. The van der Waals surface area contributed by atoms with Crippen LogP contribution in [0.3, 0.4) is 0 Å². The number of hydrogen-bond acceptors (Lipinski definition) is 4. The monoisotopic (exact) mass is 286 g/mol. The number of carboxylic acids is 1. The second-order valence-corrected chi connectivity index (χ2v) is 5.61. The number of aliphatic carboxylic acids is 1. The van der Waals surface area contributed by atoms with E-state index in [9.17, 15) is 14.4 Å². The fourth-order valence-electron chi connectivity index (χ4n) is 1.87. The molecule has 7 nitrogen and oxygen atoms in total. The standard InChI is InChI=1S/C13H22N2O5/c1-13(2,11(17)18)7-10(16)15-12(19)14-8-9-5-3-4-6-20-9/h9H,3-8H2,1-2H3,(H,17,18)(H2,14,15,16,19). The zero-order valence-corrected chi connectivity index (χ0v) is 11.9. The fourth-order valence-corrected chi connectivity index (χ4v) is 1.87. The van der Waals surface area contributed by atoms with E-state index in [0.717, 1.165) is 19.3 Å². The van der Waals surface area contributed by atoms with Crippen molar-refractivity contribution in [3.8, 4) is 0 Å². The Morgan fingerprint density at radius 1 is 1.30 bits per heavy atom. The van der Waals surface area contributed by atoms with E-state index in [2.05, 4.69) is 10.6 Å². The van der Waals surface area contributed by atoms with Crippen molar-refractivity contribution in [3.05, 3.63) is 0 Å². The van der Waals surface area contributed by atoms with Crippen molar-refractivity contribution in [2.24, 2.45) is 5.41 Å². The molecule has 0 aromatic rings. The van der Waals surface area contributed by atoms with Crippen LogP contribution in [-0.4, -0.2) is 42.3 Å². The van der Waals surface area contributed by atoms with Crippen LogP contribution in [0.1, 0.15) is 39.5 Å². The lowest BCUT2D eigenvalue weighted by Crippen LogP contribution is -2.45. The van der Waals surface area contributed by atoms with E-state index in [4.69, 9.17) is 9.84 Å². The van der Waals surface area contributed by atoms with Crippen LogP contribution < -0.4 is 10.6 Å². The van der Waals surface area contributed by atoms with E-state index in [1.807, 2.05) is 0 Å². The van der Waals surface area contributed by atoms with Crippen molar-refractivity contribution in [1.82, 2.24) is 10.6 Å². The van der Waals surface area contributed by atoms with Gasteiger partial charge in [-0.3, -0.25) is 14.9 Å². The molecule has 0 aromatic carbocycles. The van der Waals surface area contributed by atoms with Gasteiger partial charge in [0.2, 0.25) is 5.91 Å². The van der Waals surface area contributed by atoms with Gasteiger partial charge in [0.15, 0.2) is 0 Å². The molecule has 1 rings (SSSR count). The van der Waals surface area contributed by atoms with E-state index < -0.39 is 23.3 Å². The summed E-state index contributed by atoms with van der Waals surface area (Å²) in [5.74, 6) is -1.69. The zero-order chi connectivity index (χ0) is 15.2. The van der Waals surface area contributed by atoms with Crippen LogP contribution in [0.4, 0.5) is 4.79 Å². The number of hydrogen-bond donors (Lipinski definition) is 3. The Bertz CT molecular complexity index is 375. The summed E-state index contributed by atoms with van der Waals surface area (Å²) in [4.78, 5) is 33.9. The Hall–Kier alpha value is -1.63. The number of amides is 3. The minimum Gasteiger partial charge on any atom is -0.481 e. The molecule has 1 saturated heterocycles. The highest BCUT2D eigenvalue weighted by Gasteiger charge is 2.30. The molecular formula is C13H22N2O5. The molecule has 0 radical (unpaired) electrons. The lowest BCUT2D eigenvalue weighted by Gasteiger charge is -2.23. The maximum absolute atomic E-state index is 11.6. The summed E-state index contributed by atoms with van der Waals surface area (Å²) in [6.07, 6.45) is 2.72. The lowest BCUT2D eigenvalue weighted by atomic mass is 9.89. The molecule has 7 heteroatoms. The molecule has 1 heterocycles. The van der Waals surface area contributed by atoms with Crippen LogP contribution in [0.15, 0.2) is 0 Å². The van der Waals surface area contributed by atoms with E-state index in [0.29, 0.717) is 13.2 Å². The van der Waals surface area contributed by atoms with Crippen LogP contribution in [-0.2, 0) is 14.3 Å². The normalized spacial score (nSPS) is 19.2. The summed E-state index contributed by atoms with van der Waals surface area (Å²) >= 11 is 0. The molecule has 0 saturated carbocycles. The number of imide groups is 1.